The Hall–Kier alpha value is -2.87. The van der Waals surface area contributed by atoms with E-state index in [4.69, 9.17) is 24.2 Å². The highest BCUT2D eigenvalue weighted by Crippen LogP contribution is 2.36. The molecule has 2 N–H and O–H groups in total. The van der Waals surface area contributed by atoms with Gasteiger partial charge in [-0.05, 0) is 45.7 Å². The zero-order valence-electron chi connectivity index (χ0n) is 27.0. The quantitative estimate of drug-likeness (QED) is 0.150. The summed E-state index contributed by atoms with van der Waals surface area (Å²) in [4.78, 5) is 23.1. The van der Waals surface area contributed by atoms with Crippen LogP contribution in [0.25, 0.3) is 33.5 Å². The standard InChI is InChI=1S/C31H46N6O3Si2/c1-29(2,3)34-28(38)21-18-37(19-39-15-16-42(9,10)11)27-26(21)33-23(17-32-27)25-20-13-12-14-22(24(20)35-36-25)31(7,8)40-41-30(4,5)6/h12-14,17-18H,15-16,19H2,1-11H3,(H,34,38)(H,35,36). The SMILES string of the molecule is CC(C)(C)NC(=O)c1cn(COCC[Si](C)(C)C)c2ncc(-c3[nH]nc4c(C(C)(C)O[Si]C(C)(C)C)cccc34)nc12. The zero-order chi connectivity index (χ0) is 31.1. The van der Waals surface area contributed by atoms with Gasteiger partial charge in [-0.3, -0.25) is 9.89 Å². The van der Waals surface area contributed by atoms with Gasteiger partial charge >= 0.3 is 0 Å². The highest BCUT2D eigenvalue weighted by atomic mass is 28.3. The lowest BCUT2D eigenvalue weighted by Crippen LogP contribution is -2.40. The Kier molecular flexibility index (Phi) is 8.90. The zero-order valence-corrected chi connectivity index (χ0v) is 29.0. The van der Waals surface area contributed by atoms with E-state index in [0.717, 1.165) is 28.2 Å². The van der Waals surface area contributed by atoms with Gasteiger partial charge in [-0.2, -0.15) is 5.10 Å². The summed E-state index contributed by atoms with van der Waals surface area (Å²) in [5.41, 5.74) is 3.85. The molecule has 42 heavy (non-hydrogen) atoms. The van der Waals surface area contributed by atoms with E-state index in [9.17, 15) is 4.79 Å². The molecule has 4 aromatic rings. The minimum Gasteiger partial charge on any atom is -0.408 e. The summed E-state index contributed by atoms with van der Waals surface area (Å²) < 4.78 is 14.3. The third kappa shape index (κ3) is 7.74. The van der Waals surface area contributed by atoms with Crippen molar-refractivity contribution in [2.75, 3.05) is 6.61 Å². The van der Waals surface area contributed by atoms with Crippen LogP contribution in [0.4, 0.5) is 0 Å². The van der Waals surface area contributed by atoms with Crippen molar-refractivity contribution >= 4 is 45.8 Å². The maximum atomic E-state index is 13.4. The minimum atomic E-state index is -1.22. The van der Waals surface area contributed by atoms with Crippen molar-refractivity contribution in [3.63, 3.8) is 0 Å². The van der Waals surface area contributed by atoms with Gasteiger partial charge in [-0.25, -0.2) is 9.97 Å². The number of hydrogen-bond acceptors (Lipinski definition) is 6. The van der Waals surface area contributed by atoms with E-state index < -0.39 is 19.2 Å². The van der Waals surface area contributed by atoms with Crippen molar-refractivity contribution in [2.45, 2.75) is 104 Å². The van der Waals surface area contributed by atoms with Gasteiger partial charge in [0.25, 0.3) is 5.91 Å². The fourth-order valence-electron chi connectivity index (χ4n) is 4.44. The molecule has 0 spiro atoms. The van der Waals surface area contributed by atoms with E-state index in [1.54, 1.807) is 12.4 Å². The highest BCUT2D eigenvalue weighted by Gasteiger charge is 2.29. The van der Waals surface area contributed by atoms with Crippen molar-refractivity contribution in [3.05, 3.63) is 41.7 Å². The molecule has 9 nitrogen and oxygen atoms in total. The molecule has 1 amide bonds. The summed E-state index contributed by atoms with van der Waals surface area (Å²) in [5.74, 6) is -0.199. The molecule has 0 unspecified atom stereocenters. The van der Waals surface area contributed by atoms with Gasteiger partial charge in [-0.15, -0.1) is 0 Å². The van der Waals surface area contributed by atoms with Gasteiger partial charge in [0.15, 0.2) is 5.65 Å². The fraction of sp³-hybridized carbons (Fsp3) is 0.548. The molecule has 0 aliphatic carbocycles. The number of amides is 1. The molecule has 3 aromatic heterocycles. The van der Waals surface area contributed by atoms with E-state index in [2.05, 4.69) is 70.7 Å². The number of carbonyl (C=O) groups excluding carboxylic acids is 1. The van der Waals surface area contributed by atoms with Crippen LogP contribution in [0.3, 0.4) is 0 Å². The van der Waals surface area contributed by atoms with Crippen LogP contribution in [-0.4, -0.2) is 60.6 Å². The molecule has 0 aliphatic heterocycles. The molecule has 0 saturated heterocycles. The average molecular weight is 607 g/mol. The van der Waals surface area contributed by atoms with E-state index >= 15 is 0 Å². The van der Waals surface area contributed by atoms with Crippen LogP contribution in [0.5, 0.6) is 0 Å². The van der Waals surface area contributed by atoms with Crippen molar-refractivity contribution in [2.24, 2.45) is 0 Å². The van der Waals surface area contributed by atoms with Crippen molar-refractivity contribution in [3.8, 4) is 11.4 Å². The predicted molar refractivity (Wildman–Crippen MR) is 174 cm³/mol. The second kappa shape index (κ2) is 11.7. The first-order valence-electron chi connectivity index (χ1n) is 14.5. The summed E-state index contributed by atoms with van der Waals surface area (Å²) in [6.45, 7) is 24.5. The molecule has 11 heteroatoms. The van der Waals surface area contributed by atoms with Gasteiger partial charge < -0.3 is 19.0 Å². The number of hydrogen-bond donors (Lipinski definition) is 2. The largest absolute Gasteiger partial charge is 0.408 e. The molecule has 2 radical (unpaired) electrons. The number of rotatable bonds is 10. The molecule has 4 rings (SSSR count). The number of fused-ring (bicyclic) bond motifs is 2. The van der Waals surface area contributed by atoms with Crippen LogP contribution in [0.2, 0.25) is 30.7 Å². The monoisotopic (exact) mass is 606 g/mol. The number of aromatic amines is 1. The number of H-pyrrole nitrogens is 1. The third-order valence-electron chi connectivity index (χ3n) is 6.63. The minimum absolute atomic E-state index is 0.0691. The van der Waals surface area contributed by atoms with Crippen molar-refractivity contribution < 1.29 is 14.0 Å². The van der Waals surface area contributed by atoms with Crippen molar-refractivity contribution in [1.29, 1.82) is 0 Å². The van der Waals surface area contributed by atoms with Crippen LogP contribution in [-0.2, 0) is 21.5 Å². The summed E-state index contributed by atoms with van der Waals surface area (Å²) in [7, 11) is -0.883. The molecule has 0 fully saturated rings. The smallest absolute Gasteiger partial charge is 0.255 e. The second-order valence-corrected chi connectivity index (χ2v) is 22.3. The number of benzene rings is 1. The van der Waals surface area contributed by atoms with Crippen LogP contribution < -0.4 is 5.32 Å². The first-order valence-corrected chi connectivity index (χ1v) is 19.2. The van der Waals surface area contributed by atoms with E-state index in [-0.39, 0.29) is 10.9 Å². The molecular weight excluding hydrogens is 561 g/mol. The average Bonchev–Trinajstić information content (AvgIpc) is 3.45. The summed E-state index contributed by atoms with van der Waals surface area (Å²) >= 11 is 0. The lowest BCUT2D eigenvalue weighted by molar-refractivity contribution is 0.0886. The summed E-state index contributed by atoms with van der Waals surface area (Å²) in [6, 6.07) is 7.17. The number of ether oxygens (including phenoxy) is 1. The van der Waals surface area contributed by atoms with Crippen LogP contribution in [0.1, 0.15) is 71.3 Å². The third-order valence-corrected chi connectivity index (χ3v) is 9.56. The van der Waals surface area contributed by atoms with Crippen molar-refractivity contribution in [1.82, 2.24) is 30.0 Å². The Morgan fingerprint density at radius 3 is 2.43 bits per heavy atom. The van der Waals surface area contributed by atoms with Gasteiger partial charge in [0.2, 0.25) is 9.76 Å². The number of nitrogens with zero attached hydrogens (tertiary/aromatic N) is 4. The predicted octanol–water partition coefficient (Wildman–Crippen LogP) is 6.90. The van der Waals surface area contributed by atoms with Gasteiger partial charge in [0, 0.05) is 37.4 Å². The van der Waals surface area contributed by atoms with Crippen LogP contribution in [0, 0.1) is 0 Å². The van der Waals surface area contributed by atoms with Gasteiger partial charge in [-0.1, -0.05) is 58.6 Å². The molecule has 0 aliphatic rings. The summed E-state index contributed by atoms with van der Waals surface area (Å²) in [6.07, 6.45) is 3.53. The molecule has 226 valence electrons. The lowest BCUT2D eigenvalue weighted by atomic mass is 9.95. The van der Waals surface area contributed by atoms with Gasteiger partial charge in [0.1, 0.15) is 17.9 Å². The summed E-state index contributed by atoms with van der Waals surface area (Å²) in [5, 5.41) is 12.0. The highest BCUT2D eigenvalue weighted by molar-refractivity contribution is 6.76. The van der Waals surface area contributed by atoms with Gasteiger partial charge in [0.05, 0.1) is 28.6 Å². The Morgan fingerprint density at radius 2 is 1.79 bits per heavy atom. The molecule has 0 atom stereocenters. The maximum absolute atomic E-state index is 13.4. The molecule has 1 aromatic carbocycles. The maximum Gasteiger partial charge on any atom is 0.255 e. The van der Waals surface area contributed by atoms with E-state index in [1.807, 2.05) is 37.5 Å². The fourth-order valence-corrected chi connectivity index (χ4v) is 5.87. The number of carbonyl (C=O) groups is 1. The first kappa shape index (κ1) is 32.1. The molecular formula is C31H46N6O3Si2. The number of aromatic nitrogens is 5. The Balaban J connectivity index is 1.74. The Bertz CT molecular complexity index is 1570. The first-order chi connectivity index (χ1) is 19.3. The van der Waals surface area contributed by atoms with Crippen LogP contribution >= 0.6 is 0 Å². The van der Waals surface area contributed by atoms with Crippen LogP contribution in [0.15, 0.2) is 30.6 Å². The van der Waals surface area contributed by atoms with E-state index in [0.29, 0.717) is 45.5 Å². The number of para-hydroxylation sites is 1. The molecule has 0 bridgehead atoms. The Morgan fingerprint density at radius 1 is 1.07 bits per heavy atom. The molecule has 3 heterocycles. The lowest BCUT2D eigenvalue weighted by Gasteiger charge is -2.29. The normalized spacial score (nSPS) is 13.3. The number of nitrogens with one attached hydrogen (secondary N) is 2. The molecule has 0 saturated carbocycles. The topological polar surface area (TPSA) is 107 Å². The second-order valence-electron chi connectivity index (χ2n) is 14.8. The Labute approximate surface area is 253 Å². The van der Waals surface area contributed by atoms with E-state index in [1.165, 1.54) is 0 Å².